The molecule has 0 radical (unpaired) electrons. The number of H-pyrrole nitrogens is 1. The fourth-order valence-corrected chi connectivity index (χ4v) is 3.16. The lowest BCUT2D eigenvalue weighted by molar-refractivity contribution is -0.119. The van der Waals surface area contributed by atoms with Crippen LogP contribution in [0.3, 0.4) is 0 Å². The van der Waals surface area contributed by atoms with Gasteiger partial charge >= 0.3 is 0 Å². The van der Waals surface area contributed by atoms with Gasteiger partial charge in [-0.3, -0.25) is 24.4 Å². The number of carbonyl (C=O) groups excluding carboxylic acids is 2. The number of primary amides is 2. The minimum Gasteiger partial charge on any atom is -0.368 e. The van der Waals surface area contributed by atoms with E-state index in [4.69, 9.17) is 11.5 Å². The molecule has 2 amide bonds. The van der Waals surface area contributed by atoms with E-state index in [1.807, 2.05) is 38.1 Å². The Morgan fingerprint density at radius 1 is 1.09 bits per heavy atom. The lowest BCUT2D eigenvalue weighted by atomic mass is 10.0. The van der Waals surface area contributed by atoms with E-state index in [9.17, 15) is 14.4 Å². The molecular weight excluding hydrogens is 410 g/mol. The van der Waals surface area contributed by atoms with E-state index >= 15 is 0 Å². The number of nitrogens with zero attached hydrogens (tertiary/aromatic N) is 2. The summed E-state index contributed by atoms with van der Waals surface area (Å²) in [5.74, 6) is -1.38. The molecule has 0 aliphatic carbocycles. The molecule has 1 atom stereocenters. The molecule has 0 aliphatic heterocycles. The molecule has 0 saturated heterocycles. The normalized spacial score (nSPS) is 11.7. The third-order valence-corrected chi connectivity index (χ3v) is 4.67. The Labute approximate surface area is 184 Å². The number of carbonyl (C=O) groups is 2. The summed E-state index contributed by atoms with van der Waals surface area (Å²) in [5, 5.41) is 5.79. The van der Waals surface area contributed by atoms with Crippen LogP contribution in [0.2, 0.25) is 0 Å². The summed E-state index contributed by atoms with van der Waals surface area (Å²) in [7, 11) is 0. The van der Waals surface area contributed by atoms with Gasteiger partial charge in [-0.25, -0.2) is 0 Å². The molecule has 166 valence electrons. The van der Waals surface area contributed by atoms with Crippen molar-refractivity contribution in [1.29, 1.82) is 0 Å². The van der Waals surface area contributed by atoms with Crippen molar-refractivity contribution in [3.63, 3.8) is 0 Å². The molecule has 0 unspecified atom stereocenters. The first-order chi connectivity index (χ1) is 15.2. The van der Waals surface area contributed by atoms with Crippen LogP contribution in [0.25, 0.3) is 11.1 Å². The molecule has 3 rings (SSSR count). The first-order valence-corrected chi connectivity index (χ1v) is 10.0. The zero-order valence-corrected chi connectivity index (χ0v) is 17.8. The SMILES string of the molecule is CC(C)C[C@@H](Nc1nc(Nc2ccc(-c3cccnc3)cc2)c(C(N)=O)c(=O)[nH]1)C(N)=O. The van der Waals surface area contributed by atoms with Crippen molar-refractivity contribution in [1.82, 2.24) is 15.0 Å². The first-order valence-electron chi connectivity index (χ1n) is 10.0. The van der Waals surface area contributed by atoms with Gasteiger partial charge in [-0.05, 0) is 41.7 Å². The molecule has 10 heteroatoms. The van der Waals surface area contributed by atoms with E-state index in [1.165, 1.54) is 0 Å². The van der Waals surface area contributed by atoms with Crippen molar-refractivity contribution in [2.24, 2.45) is 17.4 Å². The standard InChI is InChI=1S/C22H25N7O3/c1-12(2)10-16(18(23)30)27-22-28-20(17(19(24)31)21(32)29-22)26-15-7-5-13(6-8-15)14-4-3-9-25-11-14/h3-9,11-12,16H,10H2,1-2H3,(H2,23,30)(H2,24,31)(H3,26,27,28,29,32)/t16-/m1/s1. The molecule has 3 aromatic rings. The molecule has 2 aromatic heterocycles. The van der Waals surface area contributed by atoms with Crippen LogP contribution in [-0.4, -0.2) is 32.8 Å². The van der Waals surface area contributed by atoms with Gasteiger partial charge in [0.15, 0.2) is 5.82 Å². The van der Waals surface area contributed by atoms with E-state index in [0.717, 1.165) is 11.1 Å². The summed E-state index contributed by atoms with van der Waals surface area (Å²) < 4.78 is 0. The summed E-state index contributed by atoms with van der Waals surface area (Å²) in [6, 6.07) is 10.3. The maximum atomic E-state index is 12.5. The van der Waals surface area contributed by atoms with Gasteiger partial charge in [0, 0.05) is 18.1 Å². The van der Waals surface area contributed by atoms with Crippen LogP contribution in [0.5, 0.6) is 0 Å². The molecule has 1 aromatic carbocycles. The molecule has 32 heavy (non-hydrogen) atoms. The number of pyridine rings is 1. The highest BCUT2D eigenvalue weighted by Gasteiger charge is 2.21. The van der Waals surface area contributed by atoms with Crippen molar-refractivity contribution in [2.45, 2.75) is 26.3 Å². The van der Waals surface area contributed by atoms with Crippen molar-refractivity contribution >= 4 is 29.3 Å². The van der Waals surface area contributed by atoms with E-state index in [1.54, 1.807) is 24.5 Å². The highest BCUT2D eigenvalue weighted by Crippen LogP contribution is 2.23. The number of anilines is 3. The Balaban J connectivity index is 1.91. The van der Waals surface area contributed by atoms with Crippen LogP contribution < -0.4 is 27.7 Å². The molecule has 10 nitrogen and oxygen atoms in total. The molecular formula is C22H25N7O3. The zero-order valence-electron chi connectivity index (χ0n) is 17.8. The number of rotatable bonds is 9. The van der Waals surface area contributed by atoms with Gasteiger partial charge < -0.3 is 22.1 Å². The Kier molecular flexibility index (Phi) is 6.83. The van der Waals surface area contributed by atoms with Crippen LogP contribution in [0.1, 0.15) is 30.6 Å². The maximum Gasteiger partial charge on any atom is 0.267 e. The smallest absolute Gasteiger partial charge is 0.267 e. The topological polar surface area (TPSA) is 169 Å². The van der Waals surface area contributed by atoms with Gasteiger partial charge in [0.25, 0.3) is 11.5 Å². The third kappa shape index (κ3) is 5.48. The minimum atomic E-state index is -0.937. The quantitative estimate of drug-likeness (QED) is 0.342. The molecule has 2 heterocycles. The molecule has 7 N–H and O–H groups in total. The molecule has 0 spiro atoms. The monoisotopic (exact) mass is 435 g/mol. The summed E-state index contributed by atoms with van der Waals surface area (Å²) in [5.41, 5.74) is 12.3. The Morgan fingerprint density at radius 2 is 1.81 bits per heavy atom. The molecule has 0 bridgehead atoms. The predicted molar refractivity (Wildman–Crippen MR) is 122 cm³/mol. The van der Waals surface area contributed by atoms with E-state index in [-0.39, 0.29) is 23.2 Å². The molecule has 0 fully saturated rings. The lowest BCUT2D eigenvalue weighted by Crippen LogP contribution is -2.38. The second-order valence-electron chi connectivity index (χ2n) is 7.68. The Bertz CT molecular complexity index is 1160. The number of benzene rings is 1. The van der Waals surface area contributed by atoms with E-state index in [0.29, 0.717) is 12.1 Å². The number of aromatic nitrogens is 3. The third-order valence-electron chi connectivity index (χ3n) is 4.67. The molecule has 0 aliphatic rings. The van der Waals surface area contributed by atoms with Gasteiger partial charge in [-0.1, -0.05) is 32.0 Å². The summed E-state index contributed by atoms with van der Waals surface area (Å²) in [4.78, 5) is 47.0. The summed E-state index contributed by atoms with van der Waals surface area (Å²) in [6.45, 7) is 3.87. The van der Waals surface area contributed by atoms with Crippen molar-refractivity contribution in [3.8, 4) is 11.1 Å². The first kappa shape index (κ1) is 22.5. The molecule has 0 saturated carbocycles. The number of hydrogen-bond donors (Lipinski definition) is 5. The Morgan fingerprint density at radius 3 is 2.38 bits per heavy atom. The average molecular weight is 435 g/mol. The van der Waals surface area contributed by atoms with Crippen LogP contribution in [0, 0.1) is 5.92 Å². The highest BCUT2D eigenvalue weighted by atomic mass is 16.2. The van der Waals surface area contributed by atoms with Crippen LogP contribution >= 0.6 is 0 Å². The second kappa shape index (κ2) is 9.73. The highest BCUT2D eigenvalue weighted by molar-refractivity contribution is 5.98. The van der Waals surface area contributed by atoms with Gasteiger partial charge in [0.1, 0.15) is 11.6 Å². The van der Waals surface area contributed by atoms with Crippen molar-refractivity contribution < 1.29 is 9.59 Å². The maximum absolute atomic E-state index is 12.5. The summed E-state index contributed by atoms with van der Waals surface area (Å²) in [6.07, 6.45) is 3.88. The predicted octanol–water partition coefficient (Wildman–Crippen LogP) is 1.99. The lowest BCUT2D eigenvalue weighted by Gasteiger charge is -2.18. The van der Waals surface area contributed by atoms with Crippen molar-refractivity contribution in [2.75, 3.05) is 10.6 Å². The van der Waals surface area contributed by atoms with E-state index in [2.05, 4.69) is 25.6 Å². The fourth-order valence-electron chi connectivity index (χ4n) is 3.16. The van der Waals surface area contributed by atoms with E-state index < -0.39 is 23.4 Å². The number of aromatic amines is 1. The minimum absolute atomic E-state index is 0.000991. The largest absolute Gasteiger partial charge is 0.368 e. The van der Waals surface area contributed by atoms with Gasteiger partial charge in [0.2, 0.25) is 11.9 Å². The van der Waals surface area contributed by atoms with Gasteiger partial charge in [-0.15, -0.1) is 0 Å². The average Bonchev–Trinajstić information content (AvgIpc) is 2.73. The number of amides is 2. The fraction of sp³-hybridized carbons (Fsp3) is 0.227. The number of nitrogens with two attached hydrogens (primary N) is 2. The summed E-state index contributed by atoms with van der Waals surface area (Å²) >= 11 is 0. The van der Waals surface area contributed by atoms with Crippen LogP contribution in [0.4, 0.5) is 17.5 Å². The zero-order chi connectivity index (χ0) is 23.3. The number of hydrogen-bond acceptors (Lipinski definition) is 7. The van der Waals surface area contributed by atoms with Gasteiger partial charge in [-0.2, -0.15) is 4.98 Å². The van der Waals surface area contributed by atoms with Gasteiger partial charge in [0.05, 0.1) is 0 Å². The van der Waals surface area contributed by atoms with Crippen molar-refractivity contribution in [3.05, 3.63) is 64.7 Å². The second-order valence-corrected chi connectivity index (χ2v) is 7.68. The van der Waals surface area contributed by atoms with Crippen LogP contribution in [0.15, 0.2) is 53.6 Å². The Hall–Kier alpha value is -4.21. The number of nitrogens with one attached hydrogen (secondary N) is 3. The van der Waals surface area contributed by atoms with Crippen LogP contribution in [-0.2, 0) is 4.79 Å².